The zero-order valence-electron chi connectivity index (χ0n) is 17.6. The highest BCUT2D eigenvalue weighted by molar-refractivity contribution is 8.18. The van der Waals surface area contributed by atoms with Gasteiger partial charge in [-0.3, -0.25) is 14.3 Å². The largest absolute Gasteiger partial charge is 0.508 e. The molecule has 0 saturated heterocycles. The summed E-state index contributed by atoms with van der Waals surface area (Å²) < 4.78 is 41.5. The van der Waals surface area contributed by atoms with Gasteiger partial charge in [-0.05, 0) is 53.2 Å². The lowest BCUT2D eigenvalue weighted by Crippen LogP contribution is -2.29. The van der Waals surface area contributed by atoms with E-state index in [1.807, 2.05) is 0 Å². The minimum absolute atomic E-state index is 0.0374. The number of carboxylic acid groups (broad SMARTS) is 1. The number of carbonyl (C=O) groups excluding carboxylic acids is 1. The zero-order valence-corrected chi connectivity index (χ0v) is 18.4. The summed E-state index contributed by atoms with van der Waals surface area (Å²) in [4.78, 5) is 28.6. The Morgan fingerprint density at radius 3 is 2.71 bits per heavy atom. The van der Waals surface area contributed by atoms with Crippen molar-refractivity contribution in [2.24, 2.45) is 4.99 Å². The van der Waals surface area contributed by atoms with Gasteiger partial charge >= 0.3 is 12.1 Å². The number of thioether (sulfide) groups is 1. The first-order valence-corrected chi connectivity index (χ1v) is 10.6. The fourth-order valence-corrected chi connectivity index (χ4v) is 4.31. The number of hydrogen-bond donors (Lipinski definition) is 2. The Morgan fingerprint density at radius 2 is 2.00 bits per heavy atom. The molecule has 0 unspecified atom stereocenters. The number of carbonyl (C=O) groups is 2. The zero-order chi connectivity index (χ0) is 24.6. The van der Waals surface area contributed by atoms with Crippen molar-refractivity contribution in [3.05, 3.63) is 64.2 Å². The smallest absolute Gasteiger partial charge is 0.416 e. The number of fused-ring (bicyclic) bond motifs is 1. The molecule has 2 heterocycles. The second-order valence-electron chi connectivity index (χ2n) is 7.52. The minimum atomic E-state index is -4.62. The number of aliphatic carboxylic acids is 1. The second-order valence-corrected chi connectivity index (χ2v) is 8.53. The third-order valence-electron chi connectivity index (χ3n) is 4.99. The van der Waals surface area contributed by atoms with E-state index in [1.54, 1.807) is 24.3 Å². The summed E-state index contributed by atoms with van der Waals surface area (Å²) in [6.45, 7) is -0.449. The monoisotopic (exact) mass is 490 g/mol. The Hall–Kier alpha value is -3.80. The van der Waals surface area contributed by atoms with Crippen LogP contribution in [0, 0.1) is 0 Å². The molecule has 1 aromatic heterocycles. The molecule has 0 saturated carbocycles. The molecule has 8 nitrogen and oxygen atoms in total. The molecular weight excluding hydrogens is 473 g/mol. The van der Waals surface area contributed by atoms with Crippen LogP contribution < -0.4 is 0 Å². The molecule has 4 rings (SSSR count). The van der Waals surface area contributed by atoms with E-state index in [2.05, 4.69) is 10.1 Å². The van der Waals surface area contributed by atoms with Crippen molar-refractivity contribution in [1.29, 1.82) is 0 Å². The maximum atomic E-state index is 13.4. The third kappa shape index (κ3) is 4.91. The predicted octanol–water partition coefficient (Wildman–Crippen LogP) is 3.80. The first-order chi connectivity index (χ1) is 16.0. The Morgan fingerprint density at radius 1 is 1.24 bits per heavy atom. The van der Waals surface area contributed by atoms with Gasteiger partial charge in [0.15, 0.2) is 5.17 Å². The van der Waals surface area contributed by atoms with Crippen LogP contribution in [0.3, 0.4) is 0 Å². The van der Waals surface area contributed by atoms with E-state index in [4.69, 9.17) is 5.11 Å². The highest BCUT2D eigenvalue weighted by Crippen LogP contribution is 2.35. The first kappa shape index (κ1) is 23.4. The van der Waals surface area contributed by atoms with E-state index >= 15 is 0 Å². The van der Waals surface area contributed by atoms with Gasteiger partial charge in [-0.15, -0.1) is 0 Å². The van der Waals surface area contributed by atoms with Crippen molar-refractivity contribution < 1.29 is 33.0 Å². The number of alkyl halides is 3. The predicted molar refractivity (Wildman–Crippen MR) is 120 cm³/mol. The normalized spacial score (nSPS) is 15.2. The number of carboxylic acids is 1. The highest BCUT2D eigenvalue weighted by atomic mass is 32.2. The summed E-state index contributed by atoms with van der Waals surface area (Å²) in [6, 6.07) is 8.21. The fraction of sp³-hybridized carbons (Fsp3) is 0.182. The van der Waals surface area contributed by atoms with Crippen molar-refractivity contribution in [2.75, 3.05) is 13.6 Å². The van der Waals surface area contributed by atoms with Crippen molar-refractivity contribution in [1.82, 2.24) is 14.7 Å². The molecule has 3 aromatic rings. The summed E-state index contributed by atoms with van der Waals surface area (Å²) in [6.07, 6.45) is -1.50. The summed E-state index contributed by atoms with van der Waals surface area (Å²) in [5.74, 6) is -2.01. The average Bonchev–Trinajstić information content (AvgIpc) is 3.31. The molecule has 1 aliphatic heterocycles. The number of nitrogens with zero attached hydrogens (tertiary/aromatic N) is 4. The summed E-state index contributed by atoms with van der Waals surface area (Å²) >= 11 is 1.06. The minimum Gasteiger partial charge on any atom is -0.508 e. The third-order valence-corrected chi connectivity index (χ3v) is 6.09. The van der Waals surface area contributed by atoms with Crippen LogP contribution >= 0.6 is 11.8 Å². The topological polar surface area (TPSA) is 108 Å². The molecule has 2 N–H and O–H groups in total. The van der Waals surface area contributed by atoms with Gasteiger partial charge in [0.2, 0.25) is 0 Å². The molecule has 1 aliphatic rings. The van der Waals surface area contributed by atoms with Crippen LogP contribution in [0.5, 0.6) is 5.75 Å². The Labute approximate surface area is 195 Å². The van der Waals surface area contributed by atoms with Crippen molar-refractivity contribution in [2.45, 2.75) is 12.7 Å². The number of likely N-dealkylation sites (N-methyl/N-ethyl adjacent to an activating group) is 1. The van der Waals surface area contributed by atoms with E-state index in [1.165, 1.54) is 35.0 Å². The average molecular weight is 490 g/mol. The Balaban J connectivity index is 1.57. The van der Waals surface area contributed by atoms with E-state index in [9.17, 15) is 27.9 Å². The van der Waals surface area contributed by atoms with E-state index in [-0.39, 0.29) is 23.8 Å². The van der Waals surface area contributed by atoms with Gasteiger partial charge in [-0.2, -0.15) is 23.3 Å². The molecule has 0 fully saturated rings. The quantitative estimate of drug-likeness (QED) is 0.524. The van der Waals surface area contributed by atoms with Gasteiger partial charge < -0.3 is 15.1 Å². The number of amides is 1. The second kappa shape index (κ2) is 8.86. The molecule has 0 spiro atoms. The number of aromatic nitrogens is 2. The van der Waals surface area contributed by atoms with Crippen LogP contribution in [0.4, 0.5) is 13.2 Å². The number of phenols is 1. The number of aliphatic imine (C=N–C) groups is 1. The first-order valence-electron chi connectivity index (χ1n) is 9.81. The SMILES string of the molecule is CN(CC(=O)O)C1=NC(=O)C(=Cc2ccc3c(cnn3Cc3ccc(O)cc3C(F)(F)F)c2)S1. The van der Waals surface area contributed by atoms with E-state index in [0.717, 1.165) is 11.8 Å². The van der Waals surface area contributed by atoms with Crippen molar-refractivity contribution in [3.8, 4) is 5.75 Å². The molecular formula is C22H17F3N4O4S. The number of rotatable bonds is 5. The van der Waals surface area contributed by atoms with Gasteiger partial charge in [0.25, 0.3) is 5.91 Å². The molecule has 176 valence electrons. The molecule has 0 bridgehead atoms. The van der Waals surface area contributed by atoms with Gasteiger partial charge in [0.05, 0.1) is 28.7 Å². The lowest BCUT2D eigenvalue weighted by Gasteiger charge is -2.14. The Kier molecular flexibility index (Phi) is 6.09. The summed E-state index contributed by atoms with van der Waals surface area (Å²) in [5, 5.41) is 23.5. The molecule has 12 heteroatoms. The van der Waals surface area contributed by atoms with Gasteiger partial charge in [-0.25, -0.2) is 0 Å². The number of aromatic hydroxyl groups is 1. The van der Waals surface area contributed by atoms with Gasteiger partial charge in [-0.1, -0.05) is 12.1 Å². The van der Waals surface area contributed by atoms with Gasteiger partial charge in [0, 0.05) is 12.4 Å². The van der Waals surface area contributed by atoms with Crippen LogP contribution in [0.2, 0.25) is 0 Å². The standard InChI is InChI=1S/C22H17F3N4O4S/c1-28(11-19(31)32)21-27-20(33)18(34-21)7-12-2-5-17-14(6-12)9-26-29(17)10-13-3-4-15(30)8-16(13)22(23,24)25/h2-9,30H,10-11H2,1H3,(H,31,32). The van der Waals surface area contributed by atoms with E-state index < -0.39 is 29.4 Å². The van der Waals surface area contributed by atoms with Crippen LogP contribution in [-0.2, 0) is 22.3 Å². The summed E-state index contributed by atoms with van der Waals surface area (Å²) in [5.41, 5.74) is 0.273. The molecule has 34 heavy (non-hydrogen) atoms. The molecule has 2 aromatic carbocycles. The number of benzene rings is 2. The van der Waals surface area contributed by atoms with Gasteiger partial charge in [0.1, 0.15) is 12.3 Å². The maximum absolute atomic E-state index is 13.4. The van der Waals surface area contributed by atoms with Crippen molar-refractivity contribution >= 4 is 45.8 Å². The molecule has 1 amide bonds. The van der Waals surface area contributed by atoms with Crippen LogP contribution in [0.15, 0.2) is 52.5 Å². The summed E-state index contributed by atoms with van der Waals surface area (Å²) in [7, 11) is 1.52. The van der Waals surface area contributed by atoms with Crippen LogP contribution in [0.1, 0.15) is 16.7 Å². The highest BCUT2D eigenvalue weighted by Gasteiger charge is 2.34. The lowest BCUT2D eigenvalue weighted by molar-refractivity contribution is -0.138. The van der Waals surface area contributed by atoms with Crippen molar-refractivity contribution in [3.63, 3.8) is 0 Å². The van der Waals surface area contributed by atoms with Crippen LogP contribution in [0.25, 0.3) is 17.0 Å². The molecule has 0 atom stereocenters. The number of halogens is 3. The Bertz CT molecular complexity index is 1360. The number of amidine groups is 1. The number of phenolic OH excluding ortho intramolecular Hbond substituents is 1. The molecule has 0 radical (unpaired) electrons. The van der Waals surface area contributed by atoms with Crippen LogP contribution in [-0.4, -0.2) is 55.5 Å². The lowest BCUT2D eigenvalue weighted by atomic mass is 10.1. The number of hydrogen-bond acceptors (Lipinski definition) is 6. The fourth-order valence-electron chi connectivity index (χ4n) is 3.43. The van der Waals surface area contributed by atoms with E-state index in [0.29, 0.717) is 27.4 Å². The molecule has 0 aliphatic carbocycles. The maximum Gasteiger partial charge on any atom is 0.416 e.